The fraction of sp³-hybridized carbons (Fsp3) is 0.345. The van der Waals surface area contributed by atoms with E-state index in [1.807, 2.05) is 25.2 Å². The van der Waals surface area contributed by atoms with Gasteiger partial charge in [-0.1, -0.05) is 24.3 Å². The Balaban J connectivity index is 1.44. The lowest BCUT2D eigenvalue weighted by Crippen LogP contribution is -2.16. The summed E-state index contributed by atoms with van der Waals surface area (Å²) in [6.45, 7) is 6.62. The number of esters is 1. The van der Waals surface area contributed by atoms with E-state index < -0.39 is 0 Å². The van der Waals surface area contributed by atoms with Crippen LogP contribution in [0.1, 0.15) is 34.6 Å². The first kappa shape index (κ1) is 24.6. The van der Waals surface area contributed by atoms with Crippen molar-refractivity contribution in [2.45, 2.75) is 32.8 Å². The lowest BCUT2D eigenvalue weighted by molar-refractivity contribution is -0.141. The van der Waals surface area contributed by atoms with E-state index in [-0.39, 0.29) is 11.9 Å². The van der Waals surface area contributed by atoms with E-state index in [1.54, 1.807) is 0 Å². The molecule has 6 nitrogen and oxygen atoms in total. The maximum Gasteiger partial charge on any atom is 0.306 e. The predicted octanol–water partition coefficient (Wildman–Crippen LogP) is 5.19. The first-order chi connectivity index (χ1) is 17.0. The number of carbonyl (C=O) groups excluding carboxylic acids is 1. The second-order valence-electron chi connectivity index (χ2n) is 8.86. The molecule has 0 radical (unpaired) electrons. The molecule has 35 heavy (non-hydrogen) atoms. The Morgan fingerprint density at radius 2 is 1.83 bits per heavy atom. The summed E-state index contributed by atoms with van der Waals surface area (Å²) in [5, 5.41) is 3.10. The summed E-state index contributed by atoms with van der Waals surface area (Å²) < 4.78 is 22.5. The number of rotatable bonds is 10. The molecule has 1 aliphatic heterocycles. The van der Waals surface area contributed by atoms with Crippen LogP contribution in [0.2, 0.25) is 0 Å². The molecular formula is C29H33NO5. The van der Waals surface area contributed by atoms with Crippen molar-refractivity contribution < 1.29 is 23.7 Å². The molecule has 1 N–H and O–H groups in total. The van der Waals surface area contributed by atoms with Crippen molar-refractivity contribution in [2.24, 2.45) is 0 Å². The molecule has 184 valence electrons. The fourth-order valence-electron chi connectivity index (χ4n) is 4.52. The first-order valence-electron chi connectivity index (χ1n) is 11.9. The molecule has 1 unspecified atom stereocenters. The van der Waals surface area contributed by atoms with Gasteiger partial charge in [0.2, 0.25) is 0 Å². The van der Waals surface area contributed by atoms with Crippen LogP contribution in [0.15, 0.2) is 54.6 Å². The molecule has 1 aliphatic rings. The highest BCUT2D eigenvalue weighted by Gasteiger charge is 2.27. The number of ether oxygens (including phenoxy) is 4. The minimum Gasteiger partial charge on any atom is -0.492 e. The summed E-state index contributed by atoms with van der Waals surface area (Å²) in [6.07, 6.45) is 0.318. The molecule has 0 amide bonds. The number of hydrogen-bond acceptors (Lipinski definition) is 6. The summed E-state index contributed by atoms with van der Waals surface area (Å²) in [5.74, 6) is 2.20. The van der Waals surface area contributed by atoms with E-state index in [1.165, 1.54) is 23.8 Å². The van der Waals surface area contributed by atoms with Crippen molar-refractivity contribution in [3.63, 3.8) is 0 Å². The molecule has 0 aliphatic carbocycles. The third kappa shape index (κ3) is 5.95. The number of carbonyl (C=O) groups is 1. The van der Waals surface area contributed by atoms with Gasteiger partial charge >= 0.3 is 5.97 Å². The number of aryl methyl sites for hydroxylation is 2. The second-order valence-corrected chi connectivity index (χ2v) is 8.86. The Hall–Kier alpha value is -3.51. The number of methoxy groups -OCH3 is 1. The largest absolute Gasteiger partial charge is 0.492 e. The van der Waals surface area contributed by atoms with Gasteiger partial charge in [0.05, 0.1) is 20.1 Å². The second kappa shape index (κ2) is 11.3. The monoisotopic (exact) mass is 475 g/mol. The predicted molar refractivity (Wildman–Crippen MR) is 136 cm³/mol. The van der Waals surface area contributed by atoms with Gasteiger partial charge < -0.3 is 24.3 Å². The molecule has 4 rings (SSSR count). The minimum absolute atomic E-state index is 0.0229. The summed E-state index contributed by atoms with van der Waals surface area (Å²) in [4.78, 5) is 11.6. The summed E-state index contributed by atoms with van der Waals surface area (Å²) >= 11 is 0. The summed E-state index contributed by atoms with van der Waals surface area (Å²) in [6, 6.07) is 18.4. The molecule has 3 aromatic carbocycles. The van der Waals surface area contributed by atoms with Gasteiger partial charge in [0.25, 0.3) is 0 Å². The number of benzene rings is 3. The van der Waals surface area contributed by atoms with Crippen molar-refractivity contribution in [3.05, 3.63) is 76.9 Å². The zero-order chi connectivity index (χ0) is 24.8. The van der Waals surface area contributed by atoms with Crippen LogP contribution in [0.25, 0.3) is 11.1 Å². The molecule has 0 aromatic heterocycles. The van der Waals surface area contributed by atoms with Gasteiger partial charge in [0, 0.05) is 24.1 Å². The average Bonchev–Trinajstić information content (AvgIpc) is 3.24. The Bertz CT molecular complexity index is 1170. The number of likely N-dealkylation sites (N-methyl/N-ethyl adjacent to an activating group) is 1. The van der Waals surface area contributed by atoms with Crippen molar-refractivity contribution in [3.8, 4) is 28.4 Å². The van der Waals surface area contributed by atoms with E-state index in [0.29, 0.717) is 26.2 Å². The van der Waals surface area contributed by atoms with Gasteiger partial charge in [-0.25, -0.2) is 0 Å². The van der Waals surface area contributed by atoms with E-state index in [9.17, 15) is 4.79 Å². The van der Waals surface area contributed by atoms with Crippen LogP contribution in [-0.4, -0.2) is 39.9 Å². The summed E-state index contributed by atoms with van der Waals surface area (Å²) in [7, 11) is 3.32. The Kier molecular flexibility index (Phi) is 7.93. The van der Waals surface area contributed by atoms with E-state index in [4.69, 9.17) is 18.9 Å². The summed E-state index contributed by atoms with van der Waals surface area (Å²) in [5.41, 5.74) is 6.84. The molecule has 0 bridgehead atoms. The zero-order valence-electron chi connectivity index (χ0n) is 20.9. The average molecular weight is 476 g/mol. The van der Waals surface area contributed by atoms with Crippen molar-refractivity contribution in [2.75, 3.05) is 33.9 Å². The van der Waals surface area contributed by atoms with Gasteiger partial charge in [-0.15, -0.1) is 0 Å². The molecule has 3 aromatic rings. The van der Waals surface area contributed by atoms with Crippen LogP contribution in [0, 0.1) is 13.8 Å². The topological polar surface area (TPSA) is 66.0 Å². The molecule has 6 heteroatoms. The molecule has 1 heterocycles. The highest BCUT2D eigenvalue weighted by molar-refractivity contribution is 5.72. The van der Waals surface area contributed by atoms with E-state index in [0.717, 1.165) is 40.5 Å². The zero-order valence-corrected chi connectivity index (χ0v) is 20.9. The SMILES string of the molecule is CNCCOc1cc(C)c(-c2cccc(COc3ccc4c(c3)OCC4CC(=O)OC)c2)c(C)c1. The molecular weight excluding hydrogens is 442 g/mol. The highest BCUT2D eigenvalue weighted by atomic mass is 16.5. The lowest BCUT2D eigenvalue weighted by Gasteiger charge is -2.15. The Morgan fingerprint density at radius 3 is 2.57 bits per heavy atom. The quantitative estimate of drug-likeness (QED) is 0.322. The number of nitrogens with one attached hydrogen (secondary N) is 1. The van der Waals surface area contributed by atoms with Gasteiger partial charge in [-0.2, -0.15) is 0 Å². The van der Waals surface area contributed by atoms with Crippen LogP contribution < -0.4 is 19.5 Å². The van der Waals surface area contributed by atoms with Crippen molar-refractivity contribution in [1.29, 1.82) is 0 Å². The van der Waals surface area contributed by atoms with Crippen LogP contribution in [-0.2, 0) is 16.1 Å². The van der Waals surface area contributed by atoms with Gasteiger partial charge in [0.15, 0.2) is 0 Å². The van der Waals surface area contributed by atoms with Crippen LogP contribution >= 0.6 is 0 Å². The maximum absolute atomic E-state index is 11.6. The fourth-order valence-corrected chi connectivity index (χ4v) is 4.52. The lowest BCUT2D eigenvalue weighted by atomic mass is 9.94. The van der Waals surface area contributed by atoms with Crippen molar-refractivity contribution >= 4 is 5.97 Å². The number of hydrogen-bond donors (Lipinski definition) is 1. The van der Waals surface area contributed by atoms with Gasteiger partial charge in [-0.3, -0.25) is 4.79 Å². The maximum atomic E-state index is 11.6. The van der Waals surface area contributed by atoms with Crippen LogP contribution in [0.3, 0.4) is 0 Å². The third-order valence-electron chi connectivity index (χ3n) is 6.25. The van der Waals surface area contributed by atoms with E-state index >= 15 is 0 Å². The normalized spacial score (nSPS) is 14.2. The molecule has 0 saturated carbocycles. The Morgan fingerprint density at radius 1 is 1.03 bits per heavy atom. The molecule has 1 atom stereocenters. The van der Waals surface area contributed by atoms with Gasteiger partial charge in [0.1, 0.15) is 30.5 Å². The standard InChI is InChI=1S/C29H33NO5/c1-19-12-25(33-11-10-30-3)13-20(2)29(19)22-7-5-6-21(14-22)17-34-24-8-9-26-23(15-28(31)32-4)18-35-27(26)16-24/h5-9,12-14,16,23,30H,10-11,15,17-18H2,1-4H3. The molecule has 0 fully saturated rings. The van der Waals surface area contributed by atoms with Crippen LogP contribution in [0.5, 0.6) is 17.2 Å². The molecule has 0 saturated heterocycles. The highest BCUT2D eigenvalue weighted by Crippen LogP contribution is 2.38. The first-order valence-corrected chi connectivity index (χ1v) is 11.9. The minimum atomic E-state index is -0.229. The number of fused-ring (bicyclic) bond motifs is 1. The van der Waals surface area contributed by atoms with Crippen LogP contribution in [0.4, 0.5) is 0 Å². The molecule has 0 spiro atoms. The van der Waals surface area contributed by atoms with Gasteiger partial charge in [-0.05, 0) is 73.0 Å². The van der Waals surface area contributed by atoms with Crippen molar-refractivity contribution in [1.82, 2.24) is 5.32 Å². The third-order valence-corrected chi connectivity index (χ3v) is 6.25. The smallest absolute Gasteiger partial charge is 0.306 e. The Labute approximate surface area is 207 Å². The van der Waals surface area contributed by atoms with E-state index in [2.05, 4.69) is 55.6 Å².